The number of nitrogens with one attached hydrogen (secondary N) is 2. The Kier molecular flexibility index (Phi) is 5.64. The van der Waals surface area contributed by atoms with Crippen molar-refractivity contribution >= 4 is 34.9 Å². The lowest BCUT2D eigenvalue weighted by Crippen LogP contribution is -2.58. The number of ketones is 1. The largest absolute Gasteiger partial charge is 0.356 e. The van der Waals surface area contributed by atoms with E-state index in [0.717, 1.165) is 0 Å². The van der Waals surface area contributed by atoms with Crippen LogP contribution in [0, 0.1) is 11.8 Å². The summed E-state index contributed by atoms with van der Waals surface area (Å²) in [5, 5.41) is 5.91. The second kappa shape index (κ2) is 8.38. The van der Waals surface area contributed by atoms with E-state index < -0.39 is 46.4 Å². The Morgan fingerprint density at radius 1 is 0.973 bits per heavy atom. The molecule has 3 aliphatic heterocycles. The van der Waals surface area contributed by atoms with Gasteiger partial charge in [-0.15, -0.1) is 0 Å². The highest BCUT2D eigenvalue weighted by Crippen LogP contribution is 2.60. The highest BCUT2D eigenvalue weighted by atomic mass is 16.5. The van der Waals surface area contributed by atoms with Crippen LogP contribution in [0.15, 0.2) is 66.7 Å². The van der Waals surface area contributed by atoms with Gasteiger partial charge in [0.2, 0.25) is 17.7 Å². The minimum absolute atomic E-state index is 0.160. The summed E-state index contributed by atoms with van der Waals surface area (Å²) in [5.74, 6) is -3.09. The van der Waals surface area contributed by atoms with Crippen LogP contribution in [-0.2, 0) is 19.1 Å². The molecule has 3 aliphatic rings. The van der Waals surface area contributed by atoms with Gasteiger partial charge in [0.05, 0.1) is 17.4 Å². The maximum Gasteiger partial charge on any atom is 0.246 e. The molecule has 2 fully saturated rings. The van der Waals surface area contributed by atoms with E-state index in [-0.39, 0.29) is 11.7 Å². The molecule has 2 saturated heterocycles. The van der Waals surface area contributed by atoms with Gasteiger partial charge < -0.3 is 15.4 Å². The van der Waals surface area contributed by atoms with Crippen LogP contribution in [0.4, 0.5) is 11.4 Å². The number of Topliss-reactive ketones (excluding diaryl/α,β-unsaturated/α-hetero) is 1. The summed E-state index contributed by atoms with van der Waals surface area (Å²) >= 11 is 0. The van der Waals surface area contributed by atoms with Crippen molar-refractivity contribution in [3.63, 3.8) is 0 Å². The van der Waals surface area contributed by atoms with Gasteiger partial charge in [-0.3, -0.25) is 24.1 Å². The molecule has 192 valence electrons. The number of para-hydroxylation sites is 1. The Bertz CT molecular complexity index is 1330. The number of benzene rings is 2. The van der Waals surface area contributed by atoms with Crippen molar-refractivity contribution in [3.05, 3.63) is 72.3 Å². The predicted molar refractivity (Wildman–Crippen MR) is 139 cm³/mol. The first-order valence-corrected chi connectivity index (χ1v) is 12.4. The van der Waals surface area contributed by atoms with Gasteiger partial charge in [-0.1, -0.05) is 42.5 Å². The van der Waals surface area contributed by atoms with E-state index >= 15 is 0 Å². The van der Waals surface area contributed by atoms with E-state index in [1.807, 2.05) is 39.0 Å². The molecule has 0 saturated carbocycles. The maximum atomic E-state index is 14.2. The van der Waals surface area contributed by atoms with Crippen molar-refractivity contribution in [1.29, 1.82) is 0 Å². The van der Waals surface area contributed by atoms with Gasteiger partial charge in [0, 0.05) is 22.5 Å². The fourth-order valence-corrected chi connectivity index (χ4v) is 5.87. The molecule has 0 aromatic heterocycles. The van der Waals surface area contributed by atoms with Crippen LogP contribution in [0.25, 0.3) is 0 Å². The molecule has 8 nitrogen and oxygen atoms in total. The number of carbonyl (C=O) groups excluding carboxylic acids is 4. The Balaban J connectivity index is 1.61. The third kappa shape index (κ3) is 3.96. The summed E-state index contributed by atoms with van der Waals surface area (Å²) in [5.41, 5.74) is -1.55. The number of ether oxygens (including phenoxy) is 1. The van der Waals surface area contributed by atoms with Gasteiger partial charge in [0.1, 0.15) is 11.6 Å². The smallest absolute Gasteiger partial charge is 0.246 e. The van der Waals surface area contributed by atoms with Crippen LogP contribution in [0.5, 0.6) is 0 Å². The standard InChI is InChI=1S/C29H31N3O5/c1-17(33)18-10-9-13-20(16-18)32-23(25(35)31-27(2,3)4)29-15-14-28(5,37-29)21(22(29)26(32)36)24(34)30-19-11-7-6-8-12-19/h6-16,21-23H,1-5H3,(H,30,34)(H,31,35)/t21-,22+,23+,28+,29+/m0/s1. The first kappa shape index (κ1) is 24.9. The van der Waals surface area contributed by atoms with Crippen molar-refractivity contribution in [1.82, 2.24) is 5.32 Å². The Morgan fingerprint density at radius 3 is 2.32 bits per heavy atom. The quantitative estimate of drug-likeness (QED) is 0.482. The second-order valence-electron chi connectivity index (χ2n) is 11.2. The third-order valence-corrected chi connectivity index (χ3v) is 7.30. The maximum absolute atomic E-state index is 14.2. The molecule has 0 radical (unpaired) electrons. The molecule has 37 heavy (non-hydrogen) atoms. The SMILES string of the molecule is CC(=O)c1cccc(N2C(=O)[C@H]3[C@@H](C(=O)Nc4ccccc4)[C@@]4(C)C=C[C@]3(O4)[C@H]2C(=O)NC(C)(C)C)c1. The monoisotopic (exact) mass is 501 g/mol. The van der Waals surface area contributed by atoms with Gasteiger partial charge >= 0.3 is 0 Å². The predicted octanol–water partition coefficient (Wildman–Crippen LogP) is 3.49. The zero-order valence-corrected chi connectivity index (χ0v) is 21.6. The molecule has 3 amide bonds. The van der Waals surface area contributed by atoms with E-state index in [9.17, 15) is 19.2 Å². The number of rotatable bonds is 5. The average molecular weight is 502 g/mol. The van der Waals surface area contributed by atoms with Crippen molar-refractivity contribution in [3.8, 4) is 0 Å². The molecule has 8 heteroatoms. The summed E-state index contributed by atoms with van der Waals surface area (Å²) in [6, 6.07) is 14.6. The van der Waals surface area contributed by atoms with E-state index in [4.69, 9.17) is 4.74 Å². The van der Waals surface area contributed by atoms with Crippen molar-refractivity contribution in [2.24, 2.45) is 11.8 Å². The normalized spacial score (nSPS) is 29.8. The van der Waals surface area contributed by atoms with Crippen LogP contribution in [-0.4, -0.2) is 46.3 Å². The van der Waals surface area contributed by atoms with E-state index in [1.54, 1.807) is 55.5 Å². The molecule has 2 aromatic carbocycles. The lowest BCUT2D eigenvalue weighted by molar-refractivity contribution is -0.131. The molecule has 1 spiro atoms. The lowest BCUT2D eigenvalue weighted by atomic mass is 9.70. The van der Waals surface area contributed by atoms with Gasteiger partial charge in [-0.2, -0.15) is 0 Å². The van der Waals surface area contributed by atoms with Gasteiger partial charge in [-0.05, 0) is 58.9 Å². The molecule has 3 heterocycles. The second-order valence-corrected chi connectivity index (χ2v) is 11.2. The number of amides is 3. The lowest BCUT2D eigenvalue weighted by Gasteiger charge is -2.35. The van der Waals surface area contributed by atoms with Crippen LogP contribution in [0.1, 0.15) is 45.0 Å². The van der Waals surface area contributed by atoms with E-state index in [1.165, 1.54) is 11.8 Å². The number of hydrogen-bond donors (Lipinski definition) is 2. The molecule has 5 rings (SSSR count). The highest BCUT2D eigenvalue weighted by molar-refractivity contribution is 6.12. The Labute approximate surface area is 216 Å². The Morgan fingerprint density at radius 2 is 1.68 bits per heavy atom. The summed E-state index contributed by atoms with van der Waals surface area (Å²) in [6.45, 7) is 8.80. The molecule has 2 N–H and O–H groups in total. The molecular formula is C29H31N3O5. The first-order valence-electron chi connectivity index (χ1n) is 12.4. The summed E-state index contributed by atoms with van der Waals surface area (Å²) in [4.78, 5) is 55.2. The van der Waals surface area contributed by atoms with Crippen molar-refractivity contribution < 1.29 is 23.9 Å². The zero-order valence-electron chi connectivity index (χ0n) is 21.6. The molecule has 0 unspecified atom stereocenters. The fraction of sp³-hybridized carbons (Fsp3) is 0.379. The number of anilines is 2. The van der Waals surface area contributed by atoms with Gasteiger partial charge in [0.25, 0.3) is 0 Å². The Hall–Kier alpha value is -3.78. The summed E-state index contributed by atoms with van der Waals surface area (Å²) < 4.78 is 6.53. The van der Waals surface area contributed by atoms with Crippen LogP contribution < -0.4 is 15.5 Å². The zero-order chi connectivity index (χ0) is 26.8. The van der Waals surface area contributed by atoms with Crippen molar-refractivity contribution in [2.75, 3.05) is 10.2 Å². The van der Waals surface area contributed by atoms with E-state index in [0.29, 0.717) is 16.9 Å². The van der Waals surface area contributed by atoms with Crippen LogP contribution in [0.2, 0.25) is 0 Å². The number of fused-ring (bicyclic) bond motifs is 1. The highest BCUT2D eigenvalue weighted by Gasteiger charge is 2.76. The topological polar surface area (TPSA) is 105 Å². The summed E-state index contributed by atoms with van der Waals surface area (Å²) in [6.07, 6.45) is 3.56. The molecule has 2 bridgehead atoms. The molecule has 2 aromatic rings. The number of nitrogens with zero attached hydrogens (tertiary/aromatic N) is 1. The third-order valence-electron chi connectivity index (χ3n) is 7.30. The fourth-order valence-electron chi connectivity index (χ4n) is 5.87. The molecular weight excluding hydrogens is 470 g/mol. The first-order chi connectivity index (χ1) is 17.4. The van der Waals surface area contributed by atoms with Crippen LogP contribution >= 0.6 is 0 Å². The van der Waals surface area contributed by atoms with Gasteiger partial charge in [-0.25, -0.2) is 0 Å². The minimum atomic E-state index is -1.34. The van der Waals surface area contributed by atoms with E-state index in [2.05, 4.69) is 10.6 Å². The van der Waals surface area contributed by atoms with Crippen LogP contribution in [0.3, 0.4) is 0 Å². The number of carbonyl (C=O) groups is 4. The van der Waals surface area contributed by atoms with Crippen molar-refractivity contribution in [2.45, 2.75) is 57.4 Å². The average Bonchev–Trinajstić information content (AvgIpc) is 3.39. The molecule has 5 atom stereocenters. The minimum Gasteiger partial charge on any atom is -0.356 e. The molecule has 0 aliphatic carbocycles. The van der Waals surface area contributed by atoms with Gasteiger partial charge in [0.15, 0.2) is 5.78 Å². The number of hydrogen-bond acceptors (Lipinski definition) is 5. The summed E-state index contributed by atoms with van der Waals surface area (Å²) in [7, 11) is 0.